The molecule has 0 radical (unpaired) electrons. The average molecular weight is 310 g/mol. The number of nitrogens with zero attached hydrogens (tertiary/aromatic N) is 6. The minimum Gasteiger partial charge on any atom is -0.293 e. The number of aromatic nitrogens is 4. The lowest BCUT2D eigenvalue weighted by atomic mass is 10.1. The van der Waals surface area contributed by atoms with Crippen LogP contribution >= 0.6 is 0 Å². The van der Waals surface area contributed by atoms with Gasteiger partial charge in [0.25, 0.3) is 0 Å². The SMILES string of the molecule is Cn1ccc(CN2CCc3nc(C4=NCCCC4)ncc3C2)n1. The first kappa shape index (κ1) is 14.5. The molecule has 2 aliphatic rings. The fraction of sp³-hybridized carbons (Fsp3) is 0.529. The first-order valence-corrected chi connectivity index (χ1v) is 8.37. The van der Waals surface area contributed by atoms with Crippen LogP contribution in [0.2, 0.25) is 0 Å². The quantitative estimate of drug-likeness (QED) is 0.866. The second kappa shape index (κ2) is 6.20. The molecule has 0 aliphatic carbocycles. The number of rotatable bonds is 3. The topological polar surface area (TPSA) is 59.2 Å². The molecule has 0 spiro atoms. The van der Waals surface area contributed by atoms with E-state index in [1.54, 1.807) is 0 Å². The lowest BCUT2D eigenvalue weighted by Gasteiger charge is -2.27. The summed E-state index contributed by atoms with van der Waals surface area (Å²) in [5, 5.41) is 4.46. The van der Waals surface area contributed by atoms with Gasteiger partial charge in [0.15, 0.2) is 5.82 Å². The van der Waals surface area contributed by atoms with Crippen LogP contribution in [0.15, 0.2) is 23.5 Å². The van der Waals surface area contributed by atoms with E-state index in [4.69, 9.17) is 4.98 Å². The Labute approximate surface area is 136 Å². The molecule has 6 heteroatoms. The predicted molar refractivity (Wildman–Crippen MR) is 88.3 cm³/mol. The molecule has 0 N–H and O–H groups in total. The standard InChI is InChI=1S/C17H22N6/c1-22-8-5-14(21-22)12-23-9-6-15-13(11-23)10-19-17(20-15)16-4-2-3-7-18-16/h5,8,10H,2-4,6-7,9,11-12H2,1H3. The Morgan fingerprint density at radius 3 is 2.96 bits per heavy atom. The molecule has 2 aromatic rings. The van der Waals surface area contributed by atoms with Gasteiger partial charge in [0, 0.05) is 57.6 Å². The number of hydrogen-bond donors (Lipinski definition) is 0. The summed E-state index contributed by atoms with van der Waals surface area (Å²) < 4.78 is 1.85. The van der Waals surface area contributed by atoms with Crippen LogP contribution in [0.1, 0.15) is 42.0 Å². The Morgan fingerprint density at radius 1 is 1.22 bits per heavy atom. The second-order valence-corrected chi connectivity index (χ2v) is 6.39. The third-order valence-electron chi connectivity index (χ3n) is 4.55. The fourth-order valence-corrected chi connectivity index (χ4v) is 3.31. The Morgan fingerprint density at radius 2 is 2.17 bits per heavy atom. The van der Waals surface area contributed by atoms with E-state index in [9.17, 15) is 0 Å². The van der Waals surface area contributed by atoms with Gasteiger partial charge in [-0.25, -0.2) is 9.97 Å². The van der Waals surface area contributed by atoms with Crippen molar-refractivity contribution in [1.29, 1.82) is 0 Å². The molecular weight excluding hydrogens is 288 g/mol. The molecule has 23 heavy (non-hydrogen) atoms. The molecule has 0 saturated carbocycles. The molecule has 4 rings (SSSR count). The molecular formula is C17H22N6. The van der Waals surface area contributed by atoms with E-state index < -0.39 is 0 Å². The number of fused-ring (bicyclic) bond motifs is 1. The highest BCUT2D eigenvalue weighted by Crippen LogP contribution is 2.19. The van der Waals surface area contributed by atoms with Crippen molar-refractivity contribution in [3.05, 3.63) is 41.2 Å². The number of hydrogen-bond acceptors (Lipinski definition) is 5. The highest BCUT2D eigenvalue weighted by atomic mass is 15.3. The number of aliphatic imine (C=N–C) groups is 1. The van der Waals surface area contributed by atoms with E-state index >= 15 is 0 Å². The van der Waals surface area contributed by atoms with Gasteiger partial charge in [-0.05, 0) is 25.3 Å². The summed E-state index contributed by atoms with van der Waals surface area (Å²) in [7, 11) is 1.96. The average Bonchev–Trinajstić information content (AvgIpc) is 3.00. The van der Waals surface area contributed by atoms with Crippen LogP contribution < -0.4 is 0 Å². The summed E-state index contributed by atoms with van der Waals surface area (Å²) >= 11 is 0. The van der Waals surface area contributed by atoms with Crippen molar-refractivity contribution in [2.24, 2.45) is 12.0 Å². The molecule has 2 aliphatic heterocycles. The summed E-state index contributed by atoms with van der Waals surface area (Å²) in [6, 6.07) is 2.08. The van der Waals surface area contributed by atoms with Crippen LogP contribution in [-0.4, -0.2) is 43.4 Å². The van der Waals surface area contributed by atoms with Gasteiger partial charge in [-0.1, -0.05) is 0 Å². The van der Waals surface area contributed by atoms with Gasteiger partial charge in [0.05, 0.1) is 17.1 Å². The Bertz CT molecular complexity index is 732. The van der Waals surface area contributed by atoms with Crippen molar-refractivity contribution < 1.29 is 0 Å². The molecule has 0 aromatic carbocycles. The zero-order chi connectivity index (χ0) is 15.6. The molecule has 0 unspecified atom stereocenters. The smallest absolute Gasteiger partial charge is 0.173 e. The fourth-order valence-electron chi connectivity index (χ4n) is 3.31. The normalized spacial score (nSPS) is 18.6. The lowest BCUT2D eigenvalue weighted by molar-refractivity contribution is 0.239. The van der Waals surface area contributed by atoms with E-state index in [2.05, 4.69) is 26.0 Å². The maximum atomic E-state index is 4.79. The van der Waals surface area contributed by atoms with Gasteiger partial charge < -0.3 is 0 Å². The van der Waals surface area contributed by atoms with Crippen molar-refractivity contribution >= 4 is 5.71 Å². The van der Waals surface area contributed by atoms with Crippen LogP contribution in [0.3, 0.4) is 0 Å². The summed E-state index contributed by atoms with van der Waals surface area (Å²) in [6.07, 6.45) is 8.39. The molecule has 4 heterocycles. The van der Waals surface area contributed by atoms with E-state index in [0.717, 1.165) is 56.3 Å². The van der Waals surface area contributed by atoms with Crippen molar-refractivity contribution in [3.8, 4) is 0 Å². The van der Waals surface area contributed by atoms with E-state index in [-0.39, 0.29) is 0 Å². The molecule has 0 atom stereocenters. The van der Waals surface area contributed by atoms with Gasteiger partial charge in [-0.2, -0.15) is 5.10 Å². The Balaban J connectivity index is 1.48. The second-order valence-electron chi connectivity index (χ2n) is 6.39. The first-order chi connectivity index (χ1) is 11.3. The highest BCUT2D eigenvalue weighted by molar-refractivity contribution is 5.97. The zero-order valence-corrected chi connectivity index (χ0v) is 13.6. The van der Waals surface area contributed by atoms with Gasteiger partial charge in [-0.3, -0.25) is 14.6 Å². The van der Waals surface area contributed by atoms with Crippen LogP contribution in [0.25, 0.3) is 0 Å². The van der Waals surface area contributed by atoms with Crippen molar-refractivity contribution in [2.75, 3.05) is 13.1 Å². The molecule has 2 aromatic heterocycles. The zero-order valence-electron chi connectivity index (χ0n) is 13.6. The Kier molecular flexibility index (Phi) is 3.91. The Hall–Kier alpha value is -2.08. The maximum absolute atomic E-state index is 4.79. The summed E-state index contributed by atoms with van der Waals surface area (Å²) in [5.41, 5.74) is 4.65. The summed E-state index contributed by atoms with van der Waals surface area (Å²) in [5.74, 6) is 0.849. The molecule has 0 amide bonds. The third-order valence-corrected chi connectivity index (χ3v) is 4.55. The first-order valence-electron chi connectivity index (χ1n) is 8.37. The van der Waals surface area contributed by atoms with Crippen molar-refractivity contribution in [3.63, 3.8) is 0 Å². The van der Waals surface area contributed by atoms with Crippen LogP contribution in [-0.2, 0) is 26.6 Å². The van der Waals surface area contributed by atoms with E-state index in [0.29, 0.717) is 0 Å². The molecule has 6 nitrogen and oxygen atoms in total. The van der Waals surface area contributed by atoms with Crippen molar-refractivity contribution in [2.45, 2.75) is 38.8 Å². The van der Waals surface area contributed by atoms with Crippen LogP contribution in [0, 0.1) is 0 Å². The van der Waals surface area contributed by atoms with E-state index in [1.807, 2.05) is 24.1 Å². The maximum Gasteiger partial charge on any atom is 0.173 e. The van der Waals surface area contributed by atoms with Gasteiger partial charge >= 0.3 is 0 Å². The minimum atomic E-state index is 0.849. The predicted octanol–water partition coefficient (Wildman–Crippen LogP) is 1.74. The molecule has 120 valence electrons. The number of aryl methyl sites for hydroxylation is 1. The molecule has 0 saturated heterocycles. The summed E-state index contributed by atoms with van der Waals surface area (Å²) in [6.45, 7) is 3.73. The highest BCUT2D eigenvalue weighted by Gasteiger charge is 2.20. The van der Waals surface area contributed by atoms with Crippen LogP contribution in [0.5, 0.6) is 0 Å². The van der Waals surface area contributed by atoms with Gasteiger partial charge in [0.2, 0.25) is 0 Å². The molecule has 0 fully saturated rings. The lowest BCUT2D eigenvalue weighted by Crippen LogP contribution is -2.31. The van der Waals surface area contributed by atoms with Gasteiger partial charge in [-0.15, -0.1) is 0 Å². The van der Waals surface area contributed by atoms with Gasteiger partial charge in [0.1, 0.15) is 0 Å². The third kappa shape index (κ3) is 3.17. The van der Waals surface area contributed by atoms with Crippen molar-refractivity contribution in [1.82, 2.24) is 24.6 Å². The minimum absolute atomic E-state index is 0.849. The largest absolute Gasteiger partial charge is 0.293 e. The molecule has 0 bridgehead atoms. The van der Waals surface area contributed by atoms with E-state index in [1.165, 1.54) is 24.1 Å². The van der Waals surface area contributed by atoms with Crippen LogP contribution in [0.4, 0.5) is 0 Å². The monoisotopic (exact) mass is 310 g/mol. The summed E-state index contributed by atoms with van der Waals surface area (Å²) in [4.78, 5) is 16.4.